The number of aliphatic hydroxyl groups is 1. The van der Waals surface area contributed by atoms with Gasteiger partial charge in [0.15, 0.2) is 0 Å². The van der Waals surface area contributed by atoms with Crippen molar-refractivity contribution in [3.8, 4) is 0 Å². The zero-order chi connectivity index (χ0) is 16.0. The molecule has 0 spiro atoms. The minimum absolute atomic E-state index is 0.158. The Kier molecular flexibility index (Phi) is 6.86. The van der Waals surface area contributed by atoms with Gasteiger partial charge in [-0.25, -0.2) is 8.42 Å². The van der Waals surface area contributed by atoms with E-state index in [1.165, 1.54) is 4.31 Å². The molecular weight excluding hydrogens is 290 g/mol. The molecule has 0 atom stereocenters. The van der Waals surface area contributed by atoms with Crippen LogP contribution in [-0.2, 0) is 23.2 Å². The molecule has 21 heavy (non-hydrogen) atoms. The first-order chi connectivity index (χ1) is 9.86. The molecular formula is C14H27N3O3S. The molecule has 6 nitrogen and oxygen atoms in total. The van der Waals surface area contributed by atoms with Crippen LogP contribution in [0.2, 0.25) is 0 Å². The lowest BCUT2D eigenvalue weighted by Crippen LogP contribution is -2.37. The minimum atomic E-state index is -3.51. The van der Waals surface area contributed by atoms with Crippen LogP contribution < -0.4 is 0 Å². The molecule has 1 heterocycles. The lowest BCUT2D eigenvalue weighted by molar-refractivity contribution is 0.271. The van der Waals surface area contributed by atoms with E-state index in [4.69, 9.17) is 0 Å². The Hall–Kier alpha value is -0.890. The number of nitrogens with zero attached hydrogens (tertiary/aromatic N) is 3. The Labute approximate surface area is 128 Å². The summed E-state index contributed by atoms with van der Waals surface area (Å²) in [5, 5.41) is 9.31. The number of aryl methyl sites for hydroxylation is 1. The first-order valence-electron chi connectivity index (χ1n) is 7.31. The van der Waals surface area contributed by atoms with Crippen LogP contribution in [0.5, 0.6) is 0 Å². The molecule has 7 heteroatoms. The van der Waals surface area contributed by atoms with Crippen molar-refractivity contribution < 1.29 is 13.5 Å². The summed E-state index contributed by atoms with van der Waals surface area (Å²) < 4.78 is 28.8. The number of aromatic nitrogens is 1. The second kappa shape index (κ2) is 7.93. The molecule has 1 N–H and O–H groups in total. The third-order valence-corrected chi connectivity index (χ3v) is 5.23. The van der Waals surface area contributed by atoms with Crippen molar-refractivity contribution in [3.05, 3.63) is 18.0 Å². The lowest BCUT2D eigenvalue weighted by Gasteiger charge is -2.22. The summed E-state index contributed by atoms with van der Waals surface area (Å²) >= 11 is 0. The summed E-state index contributed by atoms with van der Waals surface area (Å²) in [5.41, 5.74) is 0.625. The van der Waals surface area contributed by atoms with E-state index in [1.807, 2.05) is 32.8 Å². The summed E-state index contributed by atoms with van der Waals surface area (Å²) in [6.07, 6.45) is 2.38. The van der Waals surface area contributed by atoms with E-state index in [2.05, 4.69) is 0 Å². The van der Waals surface area contributed by atoms with E-state index in [0.717, 1.165) is 6.42 Å². The first-order valence-corrected chi connectivity index (χ1v) is 8.75. The van der Waals surface area contributed by atoms with Gasteiger partial charge in [0.2, 0.25) is 10.0 Å². The Bertz CT molecular complexity index is 516. The van der Waals surface area contributed by atoms with Crippen LogP contribution in [0.25, 0.3) is 0 Å². The van der Waals surface area contributed by atoms with Gasteiger partial charge in [0.25, 0.3) is 0 Å². The van der Waals surface area contributed by atoms with Crippen LogP contribution in [-0.4, -0.2) is 61.0 Å². The van der Waals surface area contributed by atoms with Gasteiger partial charge in [0.05, 0.1) is 6.61 Å². The van der Waals surface area contributed by atoms with Gasteiger partial charge in [-0.1, -0.05) is 6.92 Å². The second-order valence-electron chi connectivity index (χ2n) is 5.32. The van der Waals surface area contributed by atoms with Gasteiger partial charge >= 0.3 is 0 Å². The zero-order valence-corrected chi connectivity index (χ0v) is 14.2. The molecule has 0 aliphatic carbocycles. The summed E-state index contributed by atoms with van der Waals surface area (Å²) in [5.74, 6) is 0. The molecule has 0 amide bonds. The molecule has 1 aromatic heterocycles. The van der Waals surface area contributed by atoms with E-state index < -0.39 is 10.0 Å². The predicted molar refractivity (Wildman–Crippen MR) is 83.6 cm³/mol. The highest BCUT2D eigenvalue weighted by Crippen LogP contribution is 2.19. The normalized spacial score (nSPS) is 12.5. The van der Waals surface area contributed by atoms with Gasteiger partial charge in [-0.15, -0.1) is 0 Å². The van der Waals surface area contributed by atoms with Crippen LogP contribution in [0.1, 0.15) is 26.0 Å². The monoisotopic (exact) mass is 317 g/mol. The highest BCUT2D eigenvalue weighted by atomic mass is 32.2. The Balaban J connectivity index is 3.06. The summed E-state index contributed by atoms with van der Waals surface area (Å²) in [4.78, 5) is 2.23. The van der Waals surface area contributed by atoms with Gasteiger partial charge in [0, 0.05) is 38.1 Å². The highest BCUT2D eigenvalue weighted by Gasteiger charge is 2.25. The van der Waals surface area contributed by atoms with Gasteiger partial charge < -0.3 is 14.6 Å². The molecule has 0 aromatic carbocycles. The number of hydrogen-bond acceptors (Lipinski definition) is 4. The SMILES string of the molecule is CCCN(CCN(C)C)S(=O)(=O)c1cc(CO)n(CC)c1. The number of likely N-dealkylation sites (N-methyl/N-ethyl adjacent to an activating group) is 1. The van der Waals surface area contributed by atoms with Crippen molar-refractivity contribution >= 4 is 10.0 Å². The molecule has 0 aliphatic heterocycles. The molecule has 0 aliphatic rings. The van der Waals surface area contributed by atoms with Crippen LogP contribution in [0, 0.1) is 0 Å². The number of sulfonamides is 1. The largest absolute Gasteiger partial charge is 0.390 e. The van der Waals surface area contributed by atoms with Crippen LogP contribution in [0.4, 0.5) is 0 Å². The molecule has 0 radical (unpaired) electrons. The van der Waals surface area contributed by atoms with Gasteiger partial charge in [0.1, 0.15) is 4.90 Å². The van der Waals surface area contributed by atoms with Crippen LogP contribution >= 0.6 is 0 Å². The van der Waals surface area contributed by atoms with Gasteiger partial charge in [-0.05, 0) is 33.5 Å². The molecule has 0 fully saturated rings. The molecule has 0 bridgehead atoms. The average molecular weight is 317 g/mol. The predicted octanol–water partition coefficient (Wildman–Crippen LogP) is 0.963. The maximum atomic E-state index is 12.7. The molecule has 1 rings (SSSR count). The fourth-order valence-corrected chi connectivity index (χ4v) is 3.74. The number of aliphatic hydroxyl groups excluding tert-OH is 1. The van der Waals surface area contributed by atoms with Crippen molar-refractivity contribution in [1.82, 2.24) is 13.8 Å². The van der Waals surface area contributed by atoms with E-state index >= 15 is 0 Å². The van der Waals surface area contributed by atoms with Crippen LogP contribution in [0.15, 0.2) is 17.2 Å². The Morgan fingerprint density at radius 3 is 2.29 bits per heavy atom. The van der Waals surface area contributed by atoms with E-state index in [9.17, 15) is 13.5 Å². The van der Waals surface area contributed by atoms with Crippen molar-refractivity contribution in [2.24, 2.45) is 0 Å². The highest BCUT2D eigenvalue weighted by molar-refractivity contribution is 7.89. The molecule has 122 valence electrons. The number of hydrogen-bond donors (Lipinski definition) is 1. The quantitative estimate of drug-likeness (QED) is 0.737. The third-order valence-electron chi connectivity index (χ3n) is 3.37. The van der Waals surface area contributed by atoms with E-state index in [1.54, 1.807) is 16.8 Å². The smallest absolute Gasteiger partial charge is 0.244 e. The van der Waals surface area contributed by atoms with Gasteiger partial charge in [-0.3, -0.25) is 0 Å². The van der Waals surface area contributed by atoms with E-state index in [0.29, 0.717) is 31.9 Å². The maximum Gasteiger partial charge on any atom is 0.244 e. The maximum absolute atomic E-state index is 12.7. The molecule has 0 saturated carbocycles. The third kappa shape index (κ3) is 4.54. The minimum Gasteiger partial charge on any atom is -0.390 e. The average Bonchev–Trinajstić information content (AvgIpc) is 2.86. The lowest BCUT2D eigenvalue weighted by atomic mass is 10.4. The summed E-state index contributed by atoms with van der Waals surface area (Å²) in [7, 11) is 0.344. The fraction of sp³-hybridized carbons (Fsp3) is 0.714. The van der Waals surface area contributed by atoms with Gasteiger partial charge in [-0.2, -0.15) is 4.31 Å². The second-order valence-corrected chi connectivity index (χ2v) is 7.26. The van der Waals surface area contributed by atoms with Crippen LogP contribution in [0.3, 0.4) is 0 Å². The zero-order valence-electron chi connectivity index (χ0n) is 13.4. The standard InChI is InChI=1S/C14H27N3O3S/c1-5-7-17(9-8-15(3)4)21(19,20)14-10-13(12-18)16(6-2)11-14/h10-11,18H,5-9,12H2,1-4H3. The van der Waals surface area contributed by atoms with E-state index in [-0.39, 0.29) is 11.5 Å². The van der Waals surface area contributed by atoms with Crippen molar-refractivity contribution in [2.45, 2.75) is 38.3 Å². The molecule has 0 saturated heterocycles. The number of rotatable bonds is 9. The Morgan fingerprint density at radius 2 is 1.86 bits per heavy atom. The fourth-order valence-electron chi connectivity index (χ4n) is 2.15. The van der Waals surface area contributed by atoms with Crippen molar-refractivity contribution in [2.75, 3.05) is 33.7 Å². The van der Waals surface area contributed by atoms with Crippen molar-refractivity contribution in [3.63, 3.8) is 0 Å². The molecule has 1 aromatic rings. The topological polar surface area (TPSA) is 65.8 Å². The first kappa shape index (κ1) is 18.2. The van der Waals surface area contributed by atoms with Crippen molar-refractivity contribution in [1.29, 1.82) is 0 Å². The summed E-state index contributed by atoms with van der Waals surface area (Å²) in [6.45, 7) is 6.02. The Morgan fingerprint density at radius 1 is 1.19 bits per heavy atom. The molecule has 0 unspecified atom stereocenters. The summed E-state index contributed by atoms with van der Waals surface area (Å²) in [6, 6.07) is 1.57.